The van der Waals surface area contributed by atoms with E-state index in [-0.39, 0.29) is 17.8 Å². The van der Waals surface area contributed by atoms with Crippen LogP contribution in [0.5, 0.6) is 5.75 Å². The molecule has 22 heavy (non-hydrogen) atoms. The molecule has 6 nitrogen and oxygen atoms in total. The van der Waals surface area contributed by atoms with Gasteiger partial charge in [0, 0.05) is 36.8 Å². The minimum Gasteiger partial charge on any atom is -0.491 e. The van der Waals surface area contributed by atoms with Crippen LogP contribution in [0.2, 0.25) is 0 Å². The molecular weight excluding hydrogens is 284 g/mol. The molecule has 1 aromatic rings. The molecule has 124 valence electrons. The number of ether oxygens (including phenoxy) is 1. The molecule has 0 amide bonds. The Balaban J connectivity index is 3.10. The van der Waals surface area contributed by atoms with Gasteiger partial charge in [0.2, 0.25) is 0 Å². The Hall–Kier alpha value is -1.66. The molecule has 0 saturated carbocycles. The highest BCUT2D eigenvalue weighted by Crippen LogP contribution is 2.27. The Morgan fingerprint density at radius 3 is 2.36 bits per heavy atom. The van der Waals surface area contributed by atoms with Gasteiger partial charge in [-0.05, 0) is 40.7 Å². The van der Waals surface area contributed by atoms with Crippen LogP contribution in [0.1, 0.15) is 40.2 Å². The van der Waals surface area contributed by atoms with Gasteiger partial charge in [-0.15, -0.1) is 0 Å². The largest absolute Gasteiger partial charge is 0.491 e. The fourth-order valence-corrected chi connectivity index (χ4v) is 2.19. The lowest BCUT2D eigenvalue weighted by Crippen LogP contribution is -2.36. The summed E-state index contributed by atoms with van der Waals surface area (Å²) < 4.78 is 5.75. The van der Waals surface area contributed by atoms with Crippen molar-refractivity contribution in [3.63, 3.8) is 0 Å². The molecule has 0 heterocycles. The lowest BCUT2D eigenvalue weighted by Gasteiger charge is -2.28. The summed E-state index contributed by atoms with van der Waals surface area (Å²) in [6, 6.07) is 4.86. The fourth-order valence-electron chi connectivity index (χ4n) is 2.19. The summed E-state index contributed by atoms with van der Waals surface area (Å²) in [5, 5.41) is 20.6. The van der Waals surface area contributed by atoms with Crippen molar-refractivity contribution in [3.05, 3.63) is 33.9 Å². The molecule has 1 rings (SSSR count). The fraction of sp³-hybridized carbons (Fsp3) is 0.625. The maximum absolute atomic E-state index is 11.0. The summed E-state index contributed by atoms with van der Waals surface area (Å²) in [7, 11) is 0. The van der Waals surface area contributed by atoms with Gasteiger partial charge in [0.25, 0.3) is 5.69 Å². The van der Waals surface area contributed by atoms with E-state index in [2.05, 4.69) is 4.90 Å². The maximum atomic E-state index is 11.0. The highest BCUT2D eigenvalue weighted by atomic mass is 16.6. The number of nitro benzene ring substituents is 1. The van der Waals surface area contributed by atoms with Gasteiger partial charge < -0.3 is 9.84 Å². The third kappa shape index (κ3) is 5.61. The molecular formula is C16H26N2O4. The second-order valence-corrected chi connectivity index (χ2v) is 6.09. The van der Waals surface area contributed by atoms with Crippen molar-refractivity contribution in [1.82, 2.24) is 4.90 Å². The average molecular weight is 310 g/mol. The number of aliphatic hydroxyl groups is 1. The van der Waals surface area contributed by atoms with E-state index < -0.39 is 11.0 Å². The van der Waals surface area contributed by atoms with Crippen LogP contribution in [-0.4, -0.2) is 39.7 Å². The van der Waals surface area contributed by atoms with Gasteiger partial charge in [0.1, 0.15) is 5.75 Å². The first-order valence-electron chi connectivity index (χ1n) is 7.56. The second-order valence-electron chi connectivity index (χ2n) is 6.09. The monoisotopic (exact) mass is 310 g/mol. The van der Waals surface area contributed by atoms with E-state index in [1.165, 1.54) is 6.07 Å². The first kappa shape index (κ1) is 18.4. The van der Waals surface area contributed by atoms with Gasteiger partial charge in [-0.3, -0.25) is 15.0 Å². The molecule has 0 aliphatic heterocycles. The van der Waals surface area contributed by atoms with E-state index in [1.54, 1.807) is 19.1 Å². The zero-order valence-corrected chi connectivity index (χ0v) is 13.9. The number of rotatable bonds is 8. The first-order valence-corrected chi connectivity index (χ1v) is 7.56. The third-order valence-electron chi connectivity index (χ3n) is 3.22. The summed E-state index contributed by atoms with van der Waals surface area (Å²) in [4.78, 5) is 12.7. The lowest BCUT2D eigenvalue weighted by molar-refractivity contribution is -0.385. The van der Waals surface area contributed by atoms with Crippen LogP contribution in [-0.2, 0) is 6.54 Å². The standard InChI is InChI=1S/C16H26N2O4/c1-11(2)17(9-13(5)19)10-14-8-15(18(20)21)6-7-16(14)22-12(3)4/h6-8,11-13,19H,9-10H2,1-5H3. The number of nitrogens with zero attached hydrogens (tertiary/aromatic N) is 2. The van der Waals surface area contributed by atoms with Gasteiger partial charge in [-0.2, -0.15) is 0 Å². The van der Waals surface area contributed by atoms with Gasteiger partial charge in [0.05, 0.1) is 17.1 Å². The topological polar surface area (TPSA) is 75.8 Å². The number of hydrogen-bond acceptors (Lipinski definition) is 5. The van der Waals surface area contributed by atoms with Gasteiger partial charge in [-0.25, -0.2) is 0 Å². The zero-order chi connectivity index (χ0) is 16.9. The molecule has 0 bridgehead atoms. The van der Waals surface area contributed by atoms with E-state index in [1.807, 2.05) is 27.7 Å². The van der Waals surface area contributed by atoms with E-state index >= 15 is 0 Å². The maximum Gasteiger partial charge on any atom is 0.270 e. The molecule has 0 spiro atoms. The Bertz CT molecular complexity index is 501. The van der Waals surface area contributed by atoms with Crippen molar-refractivity contribution in [2.24, 2.45) is 0 Å². The number of non-ortho nitro benzene ring substituents is 1. The minimum absolute atomic E-state index is 0.00975. The molecule has 1 aromatic carbocycles. The molecule has 0 aliphatic carbocycles. The zero-order valence-electron chi connectivity index (χ0n) is 13.9. The Morgan fingerprint density at radius 2 is 1.91 bits per heavy atom. The molecule has 1 unspecified atom stereocenters. The van der Waals surface area contributed by atoms with Crippen molar-refractivity contribution < 1.29 is 14.8 Å². The molecule has 0 radical (unpaired) electrons. The highest BCUT2D eigenvalue weighted by molar-refractivity contribution is 5.44. The van der Waals surface area contributed by atoms with Crippen LogP contribution in [0.4, 0.5) is 5.69 Å². The molecule has 0 saturated heterocycles. The molecule has 1 N–H and O–H groups in total. The van der Waals surface area contributed by atoms with Crippen molar-refractivity contribution >= 4 is 5.69 Å². The van der Waals surface area contributed by atoms with Crippen LogP contribution in [0.15, 0.2) is 18.2 Å². The molecule has 6 heteroatoms. The smallest absolute Gasteiger partial charge is 0.270 e. The first-order chi connectivity index (χ1) is 10.2. The van der Waals surface area contributed by atoms with Crippen molar-refractivity contribution in [2.45, 2.75) is 59.4 Å². The Labute approximate surface area is 131 Å². The van der Waals surface area contributed by atoms with Gasteiger partial charge >= 0.3 is 0 Å². The Morgan fingerprint density at radius 1 is 1.27 bits per heavy atom. The molecule has 0 fully saturated rings. The predicted octanol–water partition coefficient (Wildman–Crippen LogP) is 2.97. The number of hydrogen-bond donors (Lipinski definition) is 1. The van der Waals surface area contributed by atoms with E-state index in [0.717, 1.165) is 5.56 Å². The number of aliphatic hydroxyl groups excluding tert-OH is 1. The second kappa shape index (κ2) is 8.10. The molecule has 0 aromatic heterocycles. The quantitative estimate of drug-likeness (QED) is 0.590. The summed E-state index contributed by atoms with van der Waals surface area (Å²) in [6.45, 7) is 10.6. The van der Waals surface area contributed by atoms with Gasteiger partial charge in [-0.1, -0.05) is 0 Å². The third-order valence-corrected chi connectivity index (χ3v) is 3.22. The SMILES string of the molecule is CC(O)CN(Cc1cc([N+](=O)[O-])ccc1OC(C)C)C(C)C. The van der Waals surface area contributed by atoms with Crippen LogP contribution in [0, 0.1) is 10.1 Å². The average Bonchev–Trinajstić information content (AvgIpc) is 2.38. The van der Waals surface area contributed by atoms with Gasteiger partial charge in [0.15, 0.2) is 0 Å². The summed E-state index contributed by atoms with van der Waals surface area (Å²) >= 11 is 0. The summed E-state index contributed by atoms with van der Waals surface area (Å²) in [5.41, 5.74) is 0.809. The lowest BCUT2D eigenvalue weighted by atomic mass is 10.1. The summed E-state index contributed by atoms with van der Waals surface area (Å²) in [6.07, 6.45) is -0.472. The normalized spacial score (nSPS) is 13.0. The van der Waals surface area contributed by atoms with E-state index in [9.17, 15) is 15.2 Å². The van der Waals surface area contributed by atoms with Crippen LogP contribution < -0.4 is 4.74 Å². The number of benzene rings is 1. The Kier molecular flexibility index (Phi) is 6.77. The highest BCUT2D eigenvalue weighted by Gasteiger charge is 2.18. The predicted molar refractivity (Wildman–Crippen MR) is 86.1 cm³/mol. The van der Waals surface area contributed by atoms with E-state index in [0.29, 0.717) is 18.8 Å². The van der Waals surface area contributed by atoms with Crippen LogP contribution in [0.25, 0.3) is 0 Å². The minimum atomic E-state index is -0.462. The van der Waals surface area contributed by atoms with Crippen LogP contribution >= 0.6 is 0 Å². The van der Waals surface area contributed by atoms with Crippen molar-refractivity contribution in [1.29, 1.82) is 0 Å². The number of nitro groups is 1. The van der Waals surface area contributed by atoms with E-state index in [4.69, 9.17) is 4.74 Å². The molecule has 0 aliphatic rings. The molecule has 1 atom stereocenters. The van der Waals surface area contributed by atoms with Crippen molar-refractivity contribution in [2.75, 3.05) is 6.54 Å². The van der Waals surface area contributed by atoms with Crippen LogP contribution in [0.3, 0.4) is 0 Å². The summed E-state index contributed by atoms with van der Waals surface area (Å²) in [5.74, 6) is 0.650. The van der Waals surface area contributed by atoms with Crippen molar-refractivity contribution in [3.8, 4) is 5.75 Å².